The van der Waals surface area contributed by atoms with E-state index in [2.05, 4.69) is 25.7 Å². The zero-order valence-corrected chi connectivity index (χ0v) is 18.6. The lowest BCUT2D eigenvalue weighted by Gasteiger charge is -2.30. The third-order valence-corrected chi connectivity index (χ3v) is 4.88. The molecule has 0 atom stereocenters. The van der Waals surface area contributed by atoms with E-state index in [1.54, 1.807) is 18.2 Å². The molecule has 0 spiro atoms. The lowest BCUT2D eigenvalue weighted by molar-refractivity contribution is -0.138. The number of hydrogen-bond donors (Lipinski definition) is 1. The van der Waals surface area contributed by atoms with Crippen LogP contribution < -0.4 is 4.74 Å². The highest BCUT2D eigenvalue weighted by atomic mass is 19.4. The van der Waals surface area contributed by atoms with Crippen LogP contribution in [0.1, 0.15) is 44.4 Å². The summed E-state index contributed by atoms with van der Waals surface area (Å²) in [4.78, 5) is 13.3. The van der Waals surface area contributed by atoms with E-state index in [1.165, 1.54) is 19.2 Å². The first-order valence-corrected chi connectivity index (χ1v) is 10.2. The highest BCUT2D eigenvalue weighted by molar-refractivity contribution is 5.77. The standard InChI is InChI=1S/C24H30F3NO3/c1-6-28(15-23(2,3)4)14-17-13-18(24(25,26)27)8-9-19(17)20-11-16(12-22(29)30)7-10-21(20)31-5/h7-11,13H,6,12,14-15H2,1-5H3,(H,29,30). The SMILES string of the molecule is CCN(Cc1cc(C(F)(F)F)ccc1-c1cc(CC(=O)O)ccc1OC)CC(C)(C)C. The zero-order chi connectivity index (χ0) is 23.4. The van der Waals surface area contributed by atoms with Gasteiger partial charge in [0.1, 0.15) is 5.75 Å². The molecule has 0 saturated carbocycles. The number of carboxylic acid groups (broad SMARTS) is 1. The Morgan fingerprint density at radius 1 is 1.06 bits per heavy atom. The Balaban J connectivity index is 2.62. The molecule has 2 rings (SSSR count). The van der Waals surface area contributed by atoms with Gasteiger partial charge < -0.3 is 9.84 Å². The van der Waals surface area contributed by atoms with Crippen molar-refractivity contribution in [3.05, 3.63) is 53.1 Å². The molecule has 7 heteroatoms. The van der Waals surface area contributed by atoms with Crippen molar-refractivity contribution in [2.24, 2.45) is 5.41 Å². The molecular formula is C24H30F3NO3. The van der Waals surface area contributed by atoms with Crippen LogP contribution in [0.4, 0.5) is 13.2 Å². The van der Waals surface area contributed by atoms with Crippen LogP contribution in [0.2, 0.25) is 0 Å². The average molecular weight is 438 g/mol. The Morgan fingerprint density at radius 2 is 1.74 bits per heavy atom. The van der Waals surface area contributed by atoms with Gasteiger partial charge in [0.15, 0.2) is 0 Å². The number of methoxy groups -OCH3 is 1. The average Bonchev–Trinajstić information content (AvgIpc) is 2.65. The first-order chi connectivity index (χ1) is 14.3. The number of aliphatic carboxylic acids is 1. The number of nitrogens with zero attached hydrogens (tertiary/aromatic N) is 1. The number of alkyl halides is 3. The summed E-state index contributed by atoms with van der Waals surface area (Å²) in [6.45, 7) is 9.97. The van der Waals surface area contributed by atoms with Crippen molar-refractivity contribution >= 4 is 5.97 Å². The molecule has 4 nitrogen and oxygen atoms in total. The van der Waals surface area contributed by atoms with Gasteiger partial charge in [-0.3, -0.25) is 9.69 Å². The zero-order valence-electron chi connectivity index (χ0n) is 18.6. The van der Waals surface area contributed by atoms with Gasteiger partial charge in [0, 0.05) is 18.7 Å². The number of carbonyl (C=O) groups is 1. The largest absolute Gasteiger partial charge is 0.496 e. The van der Waals surface area contributed by atoms with Crippen LogP contribution >= 0.6 is 0 Å². The summed E-state index contributed by atoms with van der Waals surface area (Å²) in [6.07, 6.45) is -4.64. The van der Waals surface area contributed by atoms with Gasteiger partial charge in [-0.1, -0.05) is 39.8 Å². The van der Waals surface area contributed by atoms with Crippen molar-refractivity contribution in [3.63, 3.8) is 0 Å². The Kier molecular flexibility index (Phi) is 7.76. The molecule has 0 aliphatic heterocycles. The number of ether oxygens (including phenoxy) is 1. The molecule has 0 unspecified atom stereocenters. The molecule has 0 saturated heterocycles. The smallest absolute Gasteiger partial charge is 0.416 e. The molecule has 2 aromatic carbocycles. The molecule has 2 aromatic rings. The lowest BCUT2D eigenvalue weighted by atomic mass is 9.92. The Bertz CT molecular complexity index is 917. The first-order valence-electron chi connectivity index (χ1n) is 10.2. The van der Waals surface area contributed by atoms with E-state index in [-0.39, 0.29) is 11.8 Å². The number of rotatable bonds is 8. The van der Waals surface area contributed by atoms with E-state index < -0.39 is 17.7 Å². The van der Waals surface area contributed by atoms with Crippen molar-refractivity contribution in [1.82, 2.24) is 4.90 Å². The van der Waals surface area contributed by atoms with Crippen LogP contribution in [0.5, 0.6) is 5.75 Å². The van der Waals surface area contributed by atoms with E-state index in [0.29, 0.717) is 41.1 Å². The van der Waals surface area contributed by atoms with Crippen molar-refractivity contribution in [3.8, 4) is 16.9 Å². The fraction of sp³-hybridized carbons (Fsp3) is 0.458. The van der Waals surface area contributed by atoms with E-state index in [9.17, 15) is 18.0 Å². The number of benzene rings is 2. The Morgan fingerprint density at radius 3 is 2.26 bits per heavy atom. The van der Waals surface area contributed by atoms with Gasteiger partial charge in [0.25, 0.3) is 0 Å². The number of hydrogen-bond acceptors (Lipinski definition) is 3. The molecule has 0 fully saturated rings. The van der Waals surface area contributed by atoms with Gasteiger partial charge in [-0.05, 0) is 52.9 Å². The fourth-order valence-corrected chi connectivity index (χ4v) is 3.61. The second-order valence-corrected chi connectivity index (χ2v) is 8.84. The van der Waals surface area contributed by atoms with Gasteiger partial charge in [0.05, 0.1) is 19.1 Å². The Hall–Kier alpha value is -2.54. The van der Waals surface area contributed by atoms with Crippen LogP contribution in [0.25, 0.3) is 11.1 Å². The lowest BCUT2D eigenvalue weighted by Crippen LogP contribution is -2.32. The van der Waals surface area contributed by atoms with Crippen molar-refractivity contribution in [2.45, 2.75) is 46.8 Å². The maximum Gasteiger partial charge on any atom is 0.416 e. The van der Waals surface area contributed by atoms with E-state index in [0.717, 1.165) is 12.6 Å². The summed E-state index contributed by atoms with van der Waals surface area (Å²) < 4.78 is 45.8. The van der Waals surface area contributed by atoms with Crippen LogP contribution in [0, 0.1) is 5.41 Å². The summed E-state index contributed by atoms with van der Waals surface area (Å²) in [5.41, 5.74) is 1.53. The maximum atomic E-state index is 13.4. The highest BCUT2D eigenvalue weighted by Gasteiger charge is 2.31. The molecule has 0 aliphatic rings. The second kappa shape index (κ2) is 9.73. The maximum absolute atomic E-state index is 13.4. The van der Waals surface area contributed by atoms with Crippen LogP contribution in [-0.4, -0.2) is 36.2 Å². The van der Waals surface area contributed by atoms with Gasteiger partial charge >= 0.3 is 12.1 Å². The topological polar surface area (TPSA) is 49.8 Å². The van der Waals surface area contributed by atoms with Crippen molar-refractivity contribution < 1.29 is 27.8 Å². The molecular weight excluding hydrogens is 407 g/mol. The number of carboxylic acids is 1. The van der Waals surface area contributed by atoms with Crippen LogP contribution in [0.15, 0.2) is 36.4 Å². The van der Waals surface area contributed by atoms with Crippen LogP contribution in [-0.2, 0) is 23.9 Å². The van der Waals surface area contributed by atoms with E-state index in [4.69, 9.17) is 9.84 Å². The molecule has 1 N–H and O–H groups in total. The van der Waals surface area contributed by atoms with Crippen molar-refractivity contribution in [1.29, 1.82) is 0 Å². The fourth-order valence-electron chi connectivity index (χ4n) is 3.61. The number of halogens is 3. The summed E-state index contributed by atoms with van der Waals surface area (Å²) >= 11 is 0. The molecule has 31 heavy (non-hydrogen) atoms. The second-order valence-electron chi connectivity index (χ2n) is 8.84. The molecule has 0 amide bonds. The van der Waals surface area contributed by atoms with Crippen molar-refractivity contribution in [2.75, 3.05) is 20.2 Å². The monoisotopic (exact) mass is 437 g/mol. The third kappa shape index (κ3) is 6.99. The van der Waals surface area contributed by atoms with E-state index in [1.807, 2.05) is 6.92 Å². The molecule has 0 aliphatic carbocycles. The quantitative estimate of drug-likeness (QED) is 0.561. The predicted molar refractivity (Wildman–Crippen MR) is 115 cm³/mol. The van der Waals surface area contributed by atoms with Gasteiger partial charge in [-0.2, -0.15) is 13.2 Å². The van der Waals surface area contributed by atoms with Crippen LogP contribution in [0.3, 0.4) is 0 Å². The minimum Gasteiger partial charge on any atom is -0.496 e. The predicted octanol–water partition coefficient (Wildman–Crippen LogP) is 5.88. The van der Waals surface area contributed by atoms with E-state index >= 15 is 0 Å². The van der Waals surface area contributed by atoms with Gasteiger partial charge in [0.2, 0.25) is 0 Å². The van der Waals surface area contributed by atoms with Gasteiger partial charge in [-0.25, -0.2) is 0 Å². The Labute approximate surface area is 181 Å². The minimum atomic E-state index is -4.45. The third-order valence-electron chi connectivity index (χ3n) is 4.88. The molecule has 170 valence electrons. The summed E-state index contributed by atoms with van der Waals surface area (Å²) in [7, 11) is 1.48. The molecule has 0 aromatic heterocycles. The summed E-state index contributed by atoms with van der Waals surface area (Å²) in [6, 6.07) is 8.68. The first kappa shape index (κ1) is 24.7. The summed E-state index contributed by atoms with van der Waals surface area (Å²) in [5, 5.41) is 9.13. The molecule has 0 heterocycles. The highest BCUT2D eigenvalue weighted by Crippen LogP contribution is 2.38. The molecule has 0 radical (unpaired) electrons. The summed E-state index contributed by atoms with van der Waals surface area (Å²) in [5.74, 6) is -0.500. The normalized spacial score (nSPS) is 12.3. The molecule has 0 bridgehead atoms. The van der Waals surface area contributed by atoms with Gasteiger partial charge in [-0.15, -0.1) is 0 Å². The minimum absolute atomic E-state index is 0.0170.